The van der Waals surface area contributed by atoms with Gasteiger partial charge in [-0.15, -0.1) is 24.0 Å². The van der Waals surface area contributed by atoms with Crippen LogP contribution in [-0.2, 0) is 16.1 Å². The van der Waals surface area contributed by atoms with Crippen molar-refractivity contribution in [1.29, 1.82) is 0 Å². The Morgan fingerprint density at radius 3 is 2.45 bits per heavy atom. The van der Waals surface area contributed by atoms with Gasteiger partial charge >= 0.3 is 0 Å². The van der Waals surface area contributed by atoms with Crippen molar-refractivity contribution in [2.45, 2.75) is 35.3 Å². The molecule has 1 fully saturated rings. The normalized spacial score (nSPS) is 15.8. The maximum absolute atomic E-state index is 11.9. The topological polar surface area (TPSA) is 66.0 Å². The molecule has 0 aliphatic carbocycles. The first-order valence-corrected chi connectivity index (χ1v) is 11.1. The van der Waals surface area contributed by atoms with Crippen molar-refractivity contribution in [3.8, 4) is 0 Å². The number of amides is 1. The van der Waals surface area contributed by atoms with Crippen molar-refractivity contribution >= 4 is 47.6 Å². The molecule has 1 heterocycles. The number of carbonyl (C=O) groups excluding carboxylic acids is 1. The molecule has 8 heteroatoms. The van der Waals surface area contributed by atoms with Crippen LogP contribution in [0.2, 0.25) is 0 Å². The van der Waals surface area contributed by atoms with Gasteiger partial charge in [-0.25, -0.2) is 4.99 Å². The summed E-state index contributed by atoms with van der Waals surface area (Å²) in [5.74, 6) is 0.632. The highest BCUT2D eigenvalue weighted by atomic mass is 127. The number of guanidine groups is 1. The number of halogens is 1. The van der Waals surface area contributed by atoms with Crippen LogP contribution in [0, 0.1) is 0 Å². The molecule has 1 aliphatic rings. The number of hydrogen-bond acceptors (Lipinski definition) is 4. The highest BCUT2D eigenvalue weighted by molar-refractivity contribution is 14.0. The van der Waals surface area contributed by atoms with Crippen molar-refractivity contribution in [2.24, 2.45) is 4.99 Å². The zero-order chi connectivity index (χ0) is 21.2. The average Bonchev–Trinajstić information content (AvgIpc) is 3.28. The second-order valence-corrected chi connectivity index (χ2v) is 8.53. The van der Waals surface area contributed by atoms with Crippen LogP contribution in [0.4, 0.5) is 0 Å². The van der Waals surface area contributed by atoms with Gasteiger partial charge in [-0.3, -0.25) is 4.79 Å². The Hall–Kier alpha value is -1.78. The van der Waals surface area contributed by atoms with Gasteiger partial charge in [-0.05, 0) is 42.7 Å². The first-order valence-electron chi connectivity index (χ1n) is 10.3. The molecule has 1 saturated heterocycles. The molecule has 0 spiro atoms. The van der Waals surface area contributed by atoms with E-state index in [9.17, 15) is 4.79 Å². The number of ether oxygens (including phenoxy) is 1. The molecule has 0 radical (unpaired) electrons. The Morgan fingerprint density at radius 2 is 1.81 bits per heavy atom. The number of carbonyl (C=O) groups is 1. The second-order valence-electron chi connectivity index (χ2n) is 7.38. The van der Waals surface area contributed by atoms with Gasteiger partial charge in [0.05, 0.1) is 19.2 Å². The van der Waals surface area contributed by atoms with Crippen LogP contribution < -0.4 is 10.6 Å². The summed E-state index contributed by atoms with van der Waals surface area (Å²) in [6.07, 6.45) is 2.35. The Labute approximate surface area is 206 Å². The Balaban J connectivity index is 0.00000341. The summed E-state index contributed by atoms with van der Waals surface area (Å²) < 4.78 is 5.67. The van der Waals surface area contributed by atoms with Gasteiger partial charge in [-0.1, -0.05) is 42.1 Å². The summed E-state index contributed by atoms with van der Waals surface area (Å²) in [5, 5.41) is 6.44. The number of benzene rings is 2. The van der Waals surface area contributed by atoms with Crippen molar-refractivity contribution in [3.05, 3.63) is 60.2 Å². The van der Waals surface area contributed by atoms with E-state index in [1.165, 1.54) is 9.79 Å². The van der Waals surface area contributed by atoms with Crippen LogP contribution in [0.1, 0.15) is 18.4 Å². The molecule has 0 bridgehead atoms. The van der Waals surface area contributed by atoms with Gasteiger partial charge in [0.25, 0.3) is 0 Å². The molecule has 1 amide bonds. The number of aliphatic imine (C=N–C) groups is 1. The molecule has 3 rings (SSSR count). The predicted molar refractivity (Wildman–Crippen MR) is 137 cm³/mol. The molecule has 168 valence electrons. The lowest BCUT2D eigenvalue weighted by atomic mass is 10.2. The fourth-order valence-corrected chi connectivity index (χ4v) is 3.80. The van der Waals surface area contributed by atoms with E-state index in [1.54, 1.807) is 30.8 Å². The van der Waals surface area contributed by atoms with Gasteiger partial charge < -0.3 is 20.3 Å². The zero-order valence-corrected chi connectivity index (χ0v) is 21.2. The molecule has 1 aliphatic heterocycles. The average molecular weight is 554 g/mol. The van der Waals surface area contributed by atoms with Crippen molar-refractivity contribution in [2.75, 3.05) is 33.8 Å². The van der Waals surface area contributed by atoms with Crippen LogP contribution in [0.3, 0.4) is 0 Å². The fraction of sp³-hybridized carbons (Fsp3) is 0.391. The van der Waals surface area contributed by atoms with Crippen LogP contribution >= 0.6 is 35.7 Å². The fourth-order valence-electron chi connectivity index (χ4n) is 2.97. The Bertz CT molecular complexity index is 825. The highest BCUT2D eigenvalue weighted by Gasteiger charge is 2.16. The van der Waals surface area contributed by atoms with E-state index in [2.05, 4.69) is 52.0 Å². The van der Waals surface area contributed by atoms with E-state index in [0.717, 1.165) is 25.0 Å². The highest BCUT2D eigenvalue weighted by Crippen LogP contribution is 2.27. The van der Waals surface area contributed by atoms with Gasteiger partial charge in [-0.2, -0.15) is 0 Å². The summed E-state index contributed by atoms with van der Waals surface area (Å²) in [6.45, 7) is 2.25. The number of nitrogens with one attached hydrogen (secondary N) is 2. The summed E-state index contributed by atoms with van der Waals surface area (Å²) >= 11 is 1.74. The number of likely N-dealkylation sites (N-methyl/N-ethyl adjacent to an activating group) is 1. The van der Waals surface area contributed by atoms with E-state index in [0.29, 0.717) is 19.0 Å². The lowest BCUT2D eigenvalue weighted by Crippen LogP contribution is -2.45. The van der Waals surface area contributed by atoms with Crippen molar-refractivity contribution in [3.63, 3.8) is 0 Å². The smallest absolute Gasteiger partial charge is 0.241 e. The van der Waals surface area contributed by atoms with Gasteiger partial charge in [0.1, 0.15) is 0 Å². The lowest BCUT2D eigenvalue weighted by Gasteiger charge is -2.17. The molecule has 0 aromatic heterocycles. The summed E-state index contributed by atoms with van der Waals surface area (Å²) in [4.78, 5) is 20.6. The maximum atomic E-state index is 11.9. The molecular formula is C23H31IN4O2S. The van der Waals surface area contributed by atoms with Crippen molar-refractivity contribution in [1.82, 2.24) is 15.5 Å². The third-order valence-corrected chi connectivity index (χ3v) is 5.76. The van der Waals surface area contributed by atoms with E-state index < -0.39 is 0 Å². The van der Waals surface area contributed by atoms with Crippen molar-refractivity contribution < 1.29 is 9.53 Å². The second kappa shape index (κ2) is 13.6. The number of rotatable bonds is 8. The molecule has 2 N–H and O–H groups in total. The molecule has 31 heavy (non-hydrogen) atoms. The first kappa shape index (κ1) is 25.5. The molecule has 2 aromatic carbocycles. The first-order chi connectivity index (χ1) is 14.6. The summed E-state index contributed by atoms with van der Waals surface area (Å²) in [7, 11) is 3.49. The van der Waals surface area contributed by atoms with Gasteiger partial charge in [0.15, 0.2) is 5.96 Å². The Morgan fingerprint density at radius 1 is 1.10 bits per heavy atom. The monoisotopic (exact) mass is 554 g/mol. The standard InChI is InChI=1S/C23H30N4O2S.HI/c1-27(2)22(28)17-26-23(25-16-19-7-6-14-29-19)24-15-18-10-12-21(13-11-18)30-20-8-4-3-5-9-20;/h3-5,8-13,19H,6-7,14-17H2,1-2H3,(H2,24,25,26);1H. The molecule has 6 nitrogen and oxygen atoms in total. The lowest BCUT2D eigenvalue weighted by molar-refractivity contribution is -0.127. The maximum Gasteiger partial charge on any atom is 0.241 e. The van der Waals surface area contributed by atoms with Crippen LogP contribution in [0.25, 0.3) is 0 Å². The van der Waals surface area contributed by atoms with E-state index in [-0.39, 0.29) is 42.5 Å². The third-order valence-electron chi connectivity index (χ3n) is 4.75. The van der Waals surface area contributed by atoms with Gasteiger partial charge in [0.2, 0.25) is 5.91 Å². The van der Waals surface area contributed by atoms with E-state index in [4.69, 9.17) is 4.74 Å². The third kappa shape index (κ3) is 9.08. The zero-order valence-electron chi connectivity index (χ0n) is 18.0. The van der Waals surface area contributed by atoms with E-state index in [1.807, 2.05) is 18.2 Å². The molecule has 0 saturated carbocycles. The minimum atomic E-state index is 0. The van der Waals surface area contributed by atoms with E-state index >= 15 is 0 Å². The minimum absolute atomic E-state index is 0. The van der Waals surface area contributed by atoms with Crippen LogP contribution in [0.5, 0.6) is 0 Å². The van der Waals surface area contributed by atoms with Crippen LogP contribution in [-0.4, -0.2) is 56.7 Å². The number of nitrogens with zero attached hydrogens (tertiary/aromatic N) is 2. The largest absolute Gasteiger partial charge is 0.376 e. The predicted octanol–water partition coefficient (Wildman–Crippen LogP) is 3.76. The summed E-state index contributed by atoms with van der Waals surface area (Å²) in [5.41, 5.74) is 1.12. The quantitative estimate of drug-likeness (QED) is 0.296. The number of hydrogen-bond donors (Lipinski definition) is 2. The Kier molecular flexibility index (Phi) is 11.2. The molecule has 1 atom stereocenters. The molecular weight excluding hydrogens is 523 g/mol. The minimum Gasteiger partial charge on any atom is -0.376 e. The summed E-state index contributed by atoms with van der Waals surface area (Å²) in [6, 6.07) is 18.8. The van der Waals surface area contributed by atoms with Gasteiger partial charge in [0, 0.05) is 37.0 Å². The van der Waals surface area contributed by atoms with Crippen LogP contribution in [0.15, 0.2) is 69.4 Å². The molecule has 2 aromatic rings. The molecule has 1 unspecified atom stereocenters. The SMILES string of the molecule is CN(C)C(=O)CNC(=NCc1ccc(Sc2ccccc2)cc1)NCC1CCCO1.I.